The van der Waals surface area contributed by atoms with Crippen molar-refractivity contribution < 1.29 is 18.7 Å². The lowest BCUT2D eigenvalue weighted by Gasteiger charge is -2.30. The molecule has 1 aromatic rings. The molecule has 1 amide bonds. The lowest BCUT2D eigenvalue weighted by molar-refractivity contribution is 0.0313. The molecule has 2 heterocycles. The fourth-order valence-electron chi connectivity index (χ4n) is 3.13. The molecular formula is C11H13F2N3O2. The lowest BCUT2D eigenvalue weighted by atomic mass is 9.90. The van der Waals surface area contributed by atoms with E-state index in [1.807, 2.05) is 0 Å². The molecule has 1 saturated heterocycles. The van der Waals surface area contributed by atoms with E-state index in [0.29, 0.717) is 5.69 Å². The number of piperidine rings is 1. The number of halogens is 2. The first-order valence-corrected chi connectivity index (χ1v) is 5.84. The van der Waals surface area contributed by atoms with E-state index < -0.39 is 23.3 Å². The number of likely N-dealkylation sites (tertiary alicyclic amines) is 1. The Balaban J connectivity index is 1.80. The maximum Gasteiger partial charge on any atom is 0.407 e. The Morgan fingerprint density at radius 2 is 2.17 bits per heavy atom. The van der Waals surface area contributed by atoms with Gasteiger partial charge in [0.15, 0.2) is 0 Å². The molecule has 1 aromatic heterocycles. The van der Waals surface area contributed by atoms with Gasteiger partial charge >= 0.3 is 6.09 Å². The van der Waals surface area contributed by atoms with Crippen molar-refractivity contribution in [2.24, 2.45) is 5.41 Å². The van der Waals surface area contributed by atoms with Gasteiger partial charge in [-0.3, -0.25) is 5.10 Å². The van der Waals surface area contributed by atoms with Gasteiger partial charge in [-0.1, -0.05) is 0 Å². The number of amides is 1. The number of nitrogens with one attached hydrogen (secondary N) is 1. The molecular weight excluding hydrogens is 244 g/mol. The third kappa shape index (κ3) is 1.30. The van der Waals surface area contributed by atoms with Gasteiger partial charge in [0.2, 0.25) is 0 Å². The molecule has 1 aliphatic heterocycles. The molecule has 18 heavy (non-hydrogen) atoms. The van der Waals surface area contributed by atoms with Gasteiger partial charge in [-0.25, -0.2) is 13.6 Å². The minimum Gasteiger partial charge on any atom is -0.465 e. The second-order valence-corrected chi connectivity index (χ2v) is 4.98. The van der Waals surface area contributed by atoms with E-state index in [9.17, 15) is 13.6 Å². The first kappa shape index (κ1) is 11.4. The Morgan fingerprint density at radius 3 is 2.67 bits per heavy atom. The predicted molar refractivity (Wildman–Crippen MR) is 57.5 cm³/mol. The highest BCUT2D eigenvalue weighted by Gasteiger charge is 2.81. The van der Waals surface area contributed by atoms with Crippen LogP contribution in [0.4, 0.5) is 13.6 Å². The summed E-state index contributed by atoms with van der Waals surface area (Å²) >= 11 is 0. The van der Waals surface area contributed by atoms with Crippen LogP contribution in [0.1, 0.15) is 24.5 Å². The number of alkyl halides is 2. The summed E-state index contributed by atoms with van der Waals surface area (Å²) in [6, 6.07) is 1.57. The predicted octanol–water partition coefficient (Wildman–Crippen LogP) is 1.90. The van der Waals surface area contributed by atoms with Gasteiger partial charge in [0.05, 0.1) is 17.0 Å². The molecule has 2 N–H and O–H groups in total. The van der Waals surface area contributed by atoms with Crippen LogP contribution in [0.2, 0.25) is 0 Å². The monoisotopic (exact) mass is 257 g/mol. The lowest BCUT2D eigenvalue weighted by Crippen LogP contribution is -2.39. The summed E-state index contributed by atoms with van der Waals surface area (Å²) in [6.45, 7) is 0.345. The van der Waals surface area contributed by atoms with Crippen molar-refractivity contribution in [1.29, 1.82) is 0 Å². The molecule has 98 valence electrons. The number of rotatable bonds is 1. The Kier molecular flexibility index (Phi) is 2.18. The second-order valence-electron chi connectivity index (χ2n) is 4.98. The molecule has 0 radical (unpaired) electrons. The summed E-state index contributed by atoms with van der Waals surface area (Å²) in [4.78, 5) is 12.0. The summed E-state index contributed by atoms with van der Waals surface area (Å²) in [6.07, 6.45) is 0.891. The number of aromatic nitrogens is 2. The topological polar surface area (TPSA) is 69.2 Å². The van der Waals surface area contributed by atoms with Crippen LogP contribution < -0.4 is 0 Å². The van der Waals surface area contributed by atoms with Crippen LogP contribution in [0.15, 0.2) is 12.3 Å². The van der Waals surface area contributed by atoms with Crippen molar-refractivity contribution in [1.82, 2.24) is 15.1 Å². The number of nitrogens with zero attached hydrogens (tertiary/aromatic N) is 2. The summed E-state index contributed by atoms with van der Waals surface area (Å²) in [7, 11) is 0. The zero-order valence-electron chi connectivity index (χ0n) is 9.57. The standard InChI is InChI=1S/C11H13F2N3O2/c12-11(13)8(7-1-4-14-15-7)10(11)2-5-16(6-3-10)9(17)18/h1,4,8H,2-3,5-6H2,(H,14,15)(H,17,18). The number of aromatic amines is 1. The van der Waals surface area contributed by atoms with E-state index in [1.54, 1.807) is 6.07 Å². The van der Waals surface area contributed by atoms with E-state index in [0.717, 1.165) is 0 Å². The van der Waals surface area contributed by atoms with Crippen molar-refractivity contribution in [3.63, 3.8) is 0 Å². The number of carboxylic acid groups (broad SMARTS) is 1. The molecule has 2 aliphatic rings. The zero-order valence-corrected chi connectivity index (χ0v) is 9.57. The van der Waals surface area contributed by atoms with Gasteiger partial charge < -0.3 is 10.0 Å². The highest BCUT2D eigenvalue weighted by atomic mass is 19.3. The average Bonchev–Trinajstić information content (AvgIpc) is 2.74. The minimum absolute atomic E-state index is 0.172. The molecule has 1 spiro atoms. The van der Waals surface area contributed by atoms with E-state index >= 15 is 0 Å². The van der Waals surface area contributed by atoms with Crippen molar-refractivity contribution in [3.8, 4) is 0 Å². The van der Waals surface area contributed by atoms with E-state index in [4.69, 9.17) is 5.11 Å². The first-order valence-electron chi connectivity index (χ1n) is 5.84. The van der Waals surface area contributed by atoms with Crippen LogP contribution in [0.3, 0.4) is 0 Å². The average molecular weight is 257 g/mol. The van der Waals surface area contributed by atoms with Gasteiger partial charge in [0.25, 0.3) is 5.92 Å². The molecule has 0 aromatic carbocycles. The molecule has 1 aliphatic carbocycles. The van der Waals surface area contributed by atoms with Gasteiger partial charge in [-0.2, -0.15) is 5.10 Å². The summed E-state index contributed by atoms with van der Waals surface area (Å²) in [5.41, 5.74) is -0.711. The molecule has 2 fully saturated rings. The third-order valence-corrected chi connectivity index (χ3v) is 4.24. The third-order valence-electron chi connectivity index (χ3n) is 4.24. The fraction of sp³-hybridized carbons (Fsp3) is 0.636. The Labute approximate surface area is 102 Å². The van der Waals surface area contributed by atoms with Crippen LogP contribution in [0.25, 0.3) is 0 Å². The molecule has 1 atom stereocenters. The molecule has 1 saturated carbocycles. The van der Waals surface area contributed by atoms with Crippen molar-refractivity contribution >= 4 is 6.09 Å². The van der Waals surface area contributed by atoms with Gasteiger partial charge in [-0.05, 0) is 18.9 Å². The van der Waals surface area contributed by atoms with Crippen LogP contribution in [0.5, 0.6) is 0 Å². The fourth-order valence-corrected chi connectivity index (χ4v) is 3.13. The van der Waals surface area contributed by atoms with Gasteiger partial charge in [0.1, 0.15) is 0 Å². The molecule has 7 heteroatoms. The van der Waals surface area contributed by atoms with Crippen LogP contribution >= 0.6 is 0 Å². The second kappa shape index (κ2) is 3.43. The maximum atomic E-state index is 14.0. The maximum absolute atomic E-state index is 14.0. The van der Waals surface area contributed by atoms with Crippen LogP contribution in [-0.2, 0) is 0 Å². The van der Waals surface area contributed by atoms with Crippen molar-refractivity contribution in [2.45, 2.75) is 24.7 Å². The zero-order chi connectivity index (χ0) is 13.0. The van der Waals surface area contributed by atoms with Gasteiger partial charge in [-0.15, -0.1) is 0 Å². The molecule has 0 bridgehead atoms. The Bertz CT molecular complexity index is 467. The summed E-state index contributed by atoms with van der Waals surface area (Å²) in [5.74, 6) is -3.64. The highest BCUT2D eigenvalue weighted by Crippen LogP contribution is 2.75. The SMILES string of the molecule is O=C(O)N1CCC2(CC1)C(c1cc[nH]n1)C2(F)F. The minimum atomic E-state index is -2.77. The van der Waals surface area contributed by atoms with E-state index in [1.165, 1.54) is 11.1 Å². The smallest absolute Gasteiger partial charge is 0.407 e. The quantitative estimate of drug-likeness (QED) is 0.807. The number of hydrogen-bond donors (Lipinski definition) is 2. The normalized spacial score (nSPS) is 28.3. The first-order chi connectivity index (χ1) is 8.49. The largest absolute Gasteiger partial charge is 0.465 e. The van der Waals surface area contributed by atoms with Crippen LogP contribution in [-0.4, -0.2) is 45.3 Å². The molecule has 5 nitrogen and oxygen atoms in total. The number of hydrogen-bond acceptors (Lipinski definition) is 2. The van der Waals surface area contributed by atoms with Crippen LogP contribution in [0, 0.1) is 5.41 Å². The summed E-state index contributed by atoms with van der Waals surface area (Å²) < 4.78 is 28.0. The Hall–Kier alpha value is -1.66. The number of H-pyrrole nitrogens is 1. The van der Waals surface area contributed by atoms with Crippen molar-refractivity contribution in [2.75, 3.05) is 13.1 Å². The van der Waals surface area contributed by atoms with E-state index in [-0.39, 0.29) is 25.9 Å². The van der Waals surface area contributed by atoms with Gasteiger partial charge in [0, 0.05) is 19.3 Å². The number of carbonyl (C=O) groups is 1. The molecule has 3 rings (SSSR count). The highest BCUT2D eigenvalue weighted by molar-refractivity contribution is 5.65. The Morgan fingerprint density at radius 1 is 1.50 bits per heavy atom. The molecule has 1 unspecified atom stereocenters. The van der Waals surface area contributed by atoms with E-state index in [2.05, 4.69) is 10.2 Å². The van der Waals surface area contributed by atoms with Crippen molar-refractivity contribution in [3.05, 3.63) is 18.0 Å². The summed E-state index contributed by atoms with van der Waals surface area (Å²) in [5, 5.41) is 15.2.